The van der Waals surface area contributed by atoms with Gasteiger partial charge in [-0.25, -0.2) is 0 Å². The van der Waals surface area contributed by atoms with Crippen LogP contribution in [0.25, 0.3) is 71.7 Å². The van der Waals surface area contributed by atoms with Gasteiger partial charge < -0.3 is 14.7 Å². The fraction of sp³-hybridized carbons (Fsp3) is 0. The van der Waals surface area contributed by atoms with E-state index in [0.29, 0.717) is 0 Å². The summed E-state index contributed by atoms with van der Waals surface area (Å²) in [7, 11) is 0. The van der Waals surface area contributed by atoms with Gasteiger partial charge in [-0.2, -0.15) is 0 Å². The molecule has 2 N–H and O–H groups in total. The van der Waals surface area contributed by atoms with Crippen LogP contribution in [0.4, 0.5) is 5.69 Å². The number of nitrogen functional groups attached to an aromatic ring is 1. The van der Waals surface area contributed by atoms with Crippen molar-refractivity contribution in [3.63, 3.8) is 0 Å². The molecule has 0 spiro atoms. The first-order valence-electron chi connectivity index (χ1n) is 13.2. The highest BCUT2D eigenvalue weighted by atomic mass is 16.3. The number of para-hydroxylation sites is 2. The van der Waals surface area contributed by atoms with Gasteiger partial charge in [-0.15, -0.1) is 0 Å². The molecule has 0 aliphatic heterocycles. The second-order valence-electron chi connectivity index (χ2n) is 9.98. The quantitative estimate of drug-likeness (QED) is 0.245. The Kier molecular flexibility index (Phi) is 4.67. The number of aromatic nitrogens is 1. The lowest BCUT2D eigenvalue weighted by molar-refractivity contribution is 0.669. The monoisotopic (exact) mass is 500 g/mol. The molecule has 0 aliphatic carbocycles. The molecule has 0 atom stereocenters. The number of hydrogen-bond acceptors (Lipinski definition) is 2. The number of anilines is 1. The molecule has 2 heterocycles. The van der Waals surface area contributed by atoms with Gasteiger partial charge in [0.2, 0.25) is 0 Å². The number of nitrogens with zero attached hydrogens (tertiary/aromatic N) is 1. The highest BCUT2D eigenvalue weighted by molar-refractivity contribution is 6.27. The number of fused-ring (bicyclic) bond motifs is 7. The van der Waals surface area contributed by atoms with Crippen molar-refractivity contribution < 1.29 is 4.42 Å². The van der Waals surface area contributed by atoms with Crippen molar-refractivity contribution in [3.8, 4) is 27.9 Å². The van der Waals surface area contributed by atoms with E-state index >= 15 is 0 Å². The van der Waals surface area contributed by atoms with E-state index in [9.17, 15) is 0 Å². The van der Waals surface area contributed by atoms with Gasteiger partial charge >= 0.3 is 0 Å². The zero-order chi connectivity index (χ0) is 25.9. The van der Waals surface area contributed by atoms with Gasteiger partial charge in [0.1, 0.15) is 11.2 Å². The first kappa shape index (κ1) is 21.8. The summed E-state index contributed by atoms with van der Waals surface area (Å²) in [5.74, 6) is 0. The number of benzene rings is 6. The van der Waals surface area contributed by atoms with Crippen LogP contribution in [0, 0.1) is 0 Å². The van der Waals surface area contributed by atoms with Gasteiger partial charge in [0.15, 0.2) is 0 Å². The van der Waals surface area contributed by atoms with Crippen LogP contribution in [0.15, 0.2) is 138 Å². The smallest absolute Gasteiger partial charge is 0.136 e. The molecule has 184 valence electrons. The predicted molar refractivity (Wildman–Crippen MR) is 163 cm³/mol. The minimum atomic E-state index is 0.737. The van der Waals surface area contributed by atoms with E-state index in [1.807, 2.05) is 12.1 Å². The Labute approximate surface area is 225 Å². The average Bonchev–Trinajstić information content (AvgIpc) is 3.53. The second kappa shape index (κ2) is 8.37. The number of furan rings is 1. The zero-order valence-corrected chi connectivity index (χ0v) is 21.1. The lowest BCUT2D eigenvalue weighted by Crippen LogP contribution is -2.02. The third-order valence-electron chi connectivity index (χ3n) is 7.70. The maximum Gasteiger partial charge on any atom is 0.136 e. The molecular weight excluding hydrogens is 476 g/mol. The van der Waals surface area contributed by atoms with E-state index in [0.717, 1.165) is 66.6 Å². The van der Waals surface area contributed by atoms with Gasteiger partial charge in [-0.05, 0) is 47.5 Å². The highest BCUT2D eigenvalue weighted by Gasteiger charge is 2.23. The number of rotatable bonds is 3. The summed E-state index contributed by atoms with van der Waals surface area (Å²) >= 11 is 0. The summed E-state index contributed by atoms with van der Waals surface area (Å²) in [6.45, 7) is 0. The van der Waals surface area contributed by atoms with Crippen LogP contribution in [-0.4, -0.2) is 4.57 Å². The maximum atomic E-state index is 6.58. The molecule has 0 unspecified atom stereocenters. The van der Waals surface area contributed by atoms with Crippen molar-refractivity contribution in [3.05, 3.63) is 133 Å². The first-order chi connectivity index (χ1) is 19.3. The van der Waals surface area contributed by atoms with Crippen molar-refractivity contribution in [2.24, 2.45) is 0 Å². The zero-order valence-electron chi connectivity index (χ0n) is 21.1. The molecule has 0 aliphatic rings. The average molecular weight is 501 g/mol. The van der Waals surface area contributed by atoms with Crippen LogP contribution in [-0.2, 0) is 0 Å². The van der Waals surface area contributed by atoms with Crippen LogP contribution >= 0.6 is 0 Å². The molecule has 3 heteroatoms. The molecule has 0 saturated carbocycles. The lowest BCUT2D eigenvalue weighted by Gasteiger charge is -2.20. The van der Waals surface area contributed by atoms with E-state index in [2.05, 4.69) is 126 Å². The topological polar surface area (TPSA) is 44.1 Å². The second-order valence-corrected chi connectivity index (χ2v) is 9.98. The SMILES string of the molecule is Nc1cc(-c2ccccc2)c(-n2c3ccccc3c3c4c(ccc32)oc2ccccc24)c(-c2ccccc2)c1. The minimum Gasteiger partial charge on any atom is -0.456 e. The fourth-order valence-corrected chi connectivity index (χ4v) is 6.09. The number of hydrogen-bond donors (Lipinski definition) is 1. The molecular formula is C36H24N2O. The van der Waals surface area contributed by atoms with Crippen molar-refractivity contribution >= 4 is 49.4 Å². The molecule has 2 aromatic heterocycles. The van der Waals surface area contributed by atoms with Crippen molar-refractivity contribution in [1.29, 1.82) is 0 Å². The van der Waals surface area contributed by atoms with Gasteiger partial charge in [0.05, 0.1) is 16.7 Å². The summed E-state index contributed by atoms with van der Waals surface area (Å²) in [6, 6.07) is 46.5. The summed E-state index contributed by atoms with van der Waals surface area (Å²) in [4.78, 5) is 0. The Morgan fingerprint density at radius 2 is 1.08 bits per heavy atom. The first-order valence-corrected chi connectivity index (χ1v) is 13.2. The van der Waals surface area contributed by atoms with Crippen molar-refractivity contribution in [2.75, 3.05) is 5.73 Å². The Morgan fingerprint density at radius 1 is 0.487 bits per heavy atom. The molecule has 39 heavy (non-hydrogen) atoms. The predicted octanol–water partition coefficient (Wildman–Crippen LogP) is 9.60. The molecule has 8 rings (SSSR count). The van der Waals surface area contributed by atoms with Crippen molar-refractivity contribution in [2.45, 2.75) is 0 Å². The maximum absolute atomic E-state index is 6.58. The Hall–Kier alpha value is -5.28. The molecule has 0 fully saturated rings. The summed E-state index contributed by atoms with van der Waals surface area (Å²) in [5.41, 5.74) is 16.9. The Morgan fingerprint density at radius 3 is 1.77 bits per heavy atom. The molecule has 0 radical (unpaired) electrons. The summed E-state index contributed by atoms with van der Waals surface area (Å²) in [5, 5.41) is 4.67. The van der Waals surface area contributed by atoms with Crippen LogP contribution < -0.4 is 5.73 Å². The van der Waals surface area contributed by atoms with Gasteiger partial charge in [-0.3, -0.25) is 0 Å². The Balaban J connectivity index is 1.61. The van der Waals surface area contributed by atoms with Crippen LogP contribution in [0.3, 0.4) is 0 Å². The normalized spacial score (nSPS) is 11.7. The number of nitrogens with two attached hydrogens (primary N) is 1. The molecule has 0 amide bonds. The third kappa shape index (κ3) is 3.23. The minimum absolute atomic E-state index is 0.737. The van der Waals surface area contributed by atoms with Gasteiger partial charge in [0, 0.05) is 38.4 Å². The van der Waals surface area contributed by atoms with E-state index in [-0.39, 0.29) is 0 Å². The summed E-state index contributed by atoms with van der Waals surface area (Å²) < 4.78 is 8.71. The van der Waals surface area contributed by atoms with E-state index in [4.69, 9.17) is 10.2 Å². The van der Waals surface area contributed by atoms with Crippen molar-refractivity contribution in [1.82, 2.24) is 4.57 Å². The molecule has 0 bridgehead atoms. The standard InChI is InChI=1S/C36H24N2O/c37-25-21-28(23-11-3-1-4-12-23)36(29(22-25)24-13-5-2-6-14-24)38-30-17-9-7-15-26(30)34-31(38)19-20-33-35(34)27-16-8-10-18-32(27)39-33/h1-22H,37H2. The molecule has 0 saturated heterocycles. The fourth-order valence-electron chi connectivity index (χ4n) is 6.09. The third-order valence-corrected chi connectivity index (χ3v) is 7.70. The molecule has 6 aromatic carbocycles. The molecule has 8 aromatic rings. The van der Waals surface area contributed by atoms with Gasteiger partial charge in [0.25, 0.3) is 0 Å². The van der Waals surface area contributed by atoms with Crippen LogP contribution in [0.5, 0.6) is 0 Å². The van der Waals surface area contributed by atoms with Crippen LogP contribution in [0.2, 0.25) is 0 Å². The molecule has 3 nitrogen and oxygen atoms in total. The largest absolute Gasteiger partial charge is 0.456 e. The van der Waals surface area contributed by atoms with Gasteiger partial charge in [-0.1, -0.05) is 97.1 Å². The van der Waals surface area contributed by atoms with Crippen LogP contribution in [0.1, 0.15) is 0 Å². The summed E-state index contributed by atoms with van der Waals surface area (Å²) in [6.07, 6.45) is 0. The van der Waals surface area contributed by atoms with E-state index in [1.165, 1.54) is 10.8 Å². The highest BCUT2D eigenvalue weighted by Crippen LogP contribution is 2.45. The van der Waals surface area contributed by atoms with E-state index in [1.54, 1.807) is 0 Å². The Bertz CT molecular complexity index is 2110. The lowest BCUT2D eigenvalue weighted by atomic mass is 9.94. The van der Waals surface area contributed by atoms with E-state index < -0.39 is 0 Å².